The molecular formula is C13H24N2O3S. The molecule has 0 aliphatic carbocycles. The van der Waals surface area contributed by atoms with Gasteiger partial charge in [0, 0.05) is 30.8 Å². The normalized spacial score (nSPS) is 17.2. The maximum Gasteiger partial charge on any atom is 0.320 e. The second-order valence-corrected chi connectivity index (χ2v) is 5.88. The molecule has 110 valence electrons. The molecule has 1 aliphatic rings. The van der Waals surface area contributed by atoms with Gasteiger partial charge in [0.15, 0.2) is 0 Å². The number of likely N-dealkylation sites (N-methyl/N-ethyl adjacent to an activating group) is 1. The molecule has 1 fully saturated rings. The van der Waals surface area contributed by atoms with Crippen LogP contribution in [0, 0.1) is 5.92 Å². The van der Waals surface area contributed by atoms with Crippen molar-refractivity contribution in [1.29, 1.82) is 0 Å². The number of likely N-dealkylation sites (tertiary alicyclic amines) is 1. The highest BCUT2D eigenvalue weighted by molar-refractivity contribution is 7.98. The molecule has 1 aliphatic heterocycles. The number of rotatable bonds is 7. The Labute approximate surface area is 119 Å². The van der Waals surface area contributed by atoms with E-state index in [9.17, 15) is 9.59 Å². The van der Waals surface area contributed by atoms with E-state index in [1.807, 2.05) is 30.0 Å². The maximum atomic E-state index is 12.0. The second kappa shape index (κ2) is 7.75. The zero-order valence-corrected chi connectivity index (χ0v) is 13.0. The summed E-state index contributed by atoms with van der Waals surface area (Å²) in [6.07, 6.45) is 2.01. The predicted octanol–water partition coefficient (Wildman–Crippen LogP) is 0.691. The number of carbonyl (C=O) groups excluding carboxylic acids is 2. The number of nitrogens with zero attached hydrogens (tertiary/aromatic N) is 2. The number of carbonyl (C=O) groups is 2. The monoisotopic (exact) mass is 288 g/mol. The van der Waals surface area contributed by atoms with Gasteiger partial charge in [0.25, 0.3) is 0 Å². The number of hydrogen-bond donors (Lipinski definition) is 0. The third kappa shape index (κ3) is 4.69. The molecule has 0 N–H and O–H groups in total. The highest BCUT2D eigenvalue weighted by Gasteiger charge is 2.35. The summed E-state index contributed by atoms with van der Waals surface area (Å²) in [4.78, 5) is 27.2. The Hall–Kier alpha value is -0.750. The van der Waals surface area contributed by atoms with Gasteiger partial charge in [-0.25, -0.2) is 0 Å². The average Bonchev–Trinajstić information content (AvgIpc) is 2.27. The third-order valence-corrected chi connectivity index (χ3v) is 4.15. The van der Waals surface area contributed by atoms with E-state index in [0.717, 1.165) is 5.75 Å². The van der Waals surface area contributed by atoms with Gasteiger partial charge >= 0.3 is 5.97 Å². The van der Waals surface area contributed by atoms with Crippen molar-refractivity contribution in [1.82, 2.24) is 9.80 Å². The van der Waals surface area contributed by atoms with Crippen molar-refractivity contribution in [3.63, 3.8) is 0 Å². The Balaban J connectivity index is 2.29. The first-order chi connectivity index (χ1) is 8.99. The predicted molar refractivity (Wildman–Crippen MR) is 77.2 cm³/mol. The second-order valence-electron chi connectivity index (χ2n) is 4.97. The van der Waals surface area contributed by atoms with Crippen LogP contribution in [0.25, 0.3) is 0 Å². The average molecular weight is 288 g/mol. The van der Waals surface area contributed by atoms with Gasteiger partial charge in [0.05, 0.1) is 13.2 Å². The van der Waals surface area contributed by atoms with Gasteiger partial charge in [-0.2, -0.15) is 11.8 Å². The van der Waals surface area contributed by atoms with E-state index < -0.39 is 0 Å². The van der Waals surface area contributed by atoms with Crippen LogP contribution < -0.4 is 0 Å². The number of ether oxygens (including phenoxy) is 1. The highest BCUT2D eigenvalue weighted by Crippen LogP contribution is 2.18. The molecule has 1 atom stereocenters. The van der Waals surface area contributed by atoms with E-state index in [4.69, 9.17) is 4.74 Å². The van der Waals surface area contributed by atoms with E-state index >= 15 is 0 Å². The van der Waals surface area contributed by atoms with Gasteiger partial charge < -0.3 is 9.64 Å². The molecule has 0 aromatic carbocycles. The molecule has 0 radical (unpaired) electrons. The van der Waals surface area contributed by atoms with Crippen LogP contribution in [0.3, 0.4) is 0 Å². The quantitative estimate of drug-likeness (QED) is 0.645. The van der Waals surface area contributed by atoms with Crippen LogP contribution in [-0.4, -0.2) is 73.0 Å². The Kier molecular flexibility index (Phi) is 6.65. The van der Waals surface area contributed by atoms with E-state index in [-0.39, 0.29) is 23.8 Å². The number of amides is 1. The van der Waals surface area contributed by atoms with Gasteiger partial charge in [-0.05, 0) is 20.2 Å². The van der Waals surface area contributed by atoms with Crippen LogP contribution in [0.1, 0.15) is 13.8 Å². The minimum atomic E-state index is -0.203. The Bertz CT molecular complexity index is 319. The van der Waals surface area contributed by atoms with E-state index in [2.05, 4.69) is 0 Å². The molecule has 0 aromatic heterocycles. The van der Waals surface area contributed by atoms with Gasteiger partial charge in [0.1, 0.15) is 0 Å². The summed E-state index contributed by atoms with van der Waals surface area (Å²) >= 11 is 1.69. The van der Waals surface area contributed by atoms with Crippen LogP contribution in [0.5, 0.6) is 0 Å². The molecule has 0 spiro atoms. The van der Waals surface area contributed by atoms with E-state index in [1.165, 1.54) is 0 Å². The van der Waals surface area contributed by atoms with Crippen molar-refractivity contribution in [3.05, 3.63) is 0 Å². The summed E-state index contributed by atoms with van der Waals surface area (Å²) in [5.41, 5.74) is 0. The summed E-state index contributed by atoms with van der Waals surface area (Å²) < 4.78 is 4.91. The molecular weight excluding hydrogens is 264 g/mol. The summed E-state index contributed by atoms with van der Waals surface area (Å²) in [5, 5.41) is 0. The molecule has 1 rings (SSSR count). The zero-order chi connectivity index (χ0) is 14.4. The first-order valence-electron chi connectivity index (χ1n) is 6.63. The van der Waals surface area contributed by atoms with Crippen molar-refractivity contribution in [2.75, 3.05) is 45.3 Å². The van der Waals surface area contributed by atoms with Gasteiger partial charge in [-0.3, -0.25) is 14.5 Å². The summed E-state index contributed by atoms with van der Waals surface area (Å²) in [6, 6.07) is 0.273. The smallest absolute Gasteiger partial charge is 0.320 e. The lowest BCUT2D eigenvalue weighted by Crippen LogP contribution is -2.61. The largest absolute Gasteiger partial charge is 0.465 e. The van der Waals surface area contributed by atoms with Crippen molar-refractivity contribution in [2.45, 2.75) is 19.9 Å². The maximum absolute atomic E-state index is 12.0. The molecule has 0 bridgehead atoms. The molecule has 0 aromatic rings. The summed E-state index contributed by atoms with van der Waals surface area (Å²) in [7, 11) is 1.90. The summed E-state index contributed by atoms with van der Waals surface area (Å²) in [5.74, 6) is 0.950. The molecule has 6 heteroatoms. The fraction of sp³-hybridized carbons (Fsp3) is 0.846. The van der Waals surface area contributed by atoms with Gasteiger partial charge in [-0.1, -0.05) is 6.92 Å². The standard InChI is InChI=1S/C13H24N2O3S/c1-5-18-12(16)8-14(3)11-6-15(7-11)13(17)10(2)9-19-4/h10-11H,5-9H2,1-4H3. The number of thioether (sulfide) groups is 1. The molecule has 1 heterocycles. The minimum absolute atomic E-state index is 0.0753. The van der Waals surface area contributed by atoms with E-state index in [0.29, 0.717) is 26.2 Å². The molecule has 1 saturated heterocycles. The fourth-order valence-electron chi connectivity index (χ4n) is 2.09. The lowest BCUT2D eigenvalue weighted by molar-refractivity contribution is -0.147. The van der Waals surface area contributed by atoms with Crippen LogP contribution in [0.4, 0.5) is 0 Å². The molecule has 5 nitrogen and oxygen atoms in total. The first-order valence-corrected chi connectivity index (χ1v) is 8.02. The van der Waals surface area contributed by atoms with Gasteiger partial charge in [0.2, 0.25) is 5.91 Å². The zero-order valence-electron chi connectivity index (χ0n) is 12.2. The van der Waals surface area contributed by atoms with Gasteiger partial charge in [-0.15, -0.1) is 0 Å². The molecule has 1 unspecified atom stereocenters. The van der Waals surface area contributed by atoms with E-state index in [1.54, 1.807) is 18.7 Å². The summed E-state index contributed by atoms with van der Waals surface area (Å²) in [6.45, 7) is 5.90. The molecule has 1 amide bonds. The van der Waals surface area contributed by atoms with Crippen LogP contribution in [0.15, 0.2) is 0 Å². The molecule has 0 saturated carbocycles. The van der Waals surface area contributed by atoms with Crippen molar-refractivity contribution in [2.24, 2.45) is 5.92 Å². The number of esters is 1. The Morgan fingerprint density at radius 3 is 2.63 bits per heavy atom. The molecule has 19 heavy (non-hydrogen) atoms. The van der Waals surface area contributed by atoms with Crippen molar-refractivity contribution in [3.8, 4) is 0 Å². The Morgan fingerprint density at radius 1 is 1.47 bits per heavy atom. The van der Waals surface area contributed by atoms with Crippen LogP contribution >= 0.6 is 11.8 Å². The first kappa shape index (κ1) is 16.3. The number of hydrogen-bond acceptors (Lipinski definition) is 5. The lowest BCUT2D eigenvalue weighted by Gasteiger charge is -2.44. The topological polar surface area (TPSA) is 49.9 Å². The third-order valence-electron chi connectivity index (χ3n) is 3.32. The van der Waals surface area contributed by atoms with Crippen LogP contribution in [0.2, 0.25) is 0 Å². The van der Waals surface area contributed by atoms with Crippen LogP contribution in [-0.2, 0) is 14.3 Å². The Morgan fingerprint density at radius 2 is 2.11 bits per heavy atom. The van der Waals surface area contributed by atoms with Crippen molar-refractivity contribution < 1.29 is 14.3 Å². The van der Waals surface area contributed by atoms with Crippen molar-refractivity contribution >= 4 is 23.6 Å². The lowest BCUT2D eigenvalue weighted by atomic mass is 10.0. The fourth-order valence-corrected chi connectivity index (χ4v) is 2.73. The highest BCUT2D eigenvalue weighted by atomic mass is 32.2. The minimum Gasteiger partial charge on any atom is -0.465 e. The SMILES string of the molecule is CCOC(=O)CN(C)C1CN(C(=O)C(C)CSC)C1.